The maximum Gasteiger partial charge on any atom is 0.240 e. The fourth-order valence-corrected chi connectivity index (χ4v) is 4.08. The minimum Gasteiger partial charge on any atom is -0.361 e. The quantitative estimate of drug-likeness (QED) is 0.620. The number of hydrogen-bond donors (Lipinski definition) is 3. The Labute approximate surface area is 165 Å². The average Bonchev–Trinajstić information content (AvgIpc) is 3.30. The molecule has 1 aliphatic rings. The van der Waals surface area contributed by atoms with Crippen molar-refractivity contribution < 1.29 is 4.79 Å². The molecule has 0 saturated heterocycles. The van der Waals surface area contributed by atoms with Gasteiger partial charge in [-0.15, -0.1) is 12.4 Å². The first-order valence-corrected chi connectivity index (χ1v) is 9.35. The summed E-state index contributed by atoms with van der Waals surface area (Å²) >= 11 is 0. The van der Waals surface area contributed by atoms with Crippen LogP contribution in [0, 0.1) is 0 Å². The molecule has 1 unspecified atom stereocenters. The van der Waals surface area contributed by atoms with Crippen molar-refractivity contribution in [1.82, 2.24) is 10.3 Å². The Morgan fingerprint density at radius 2 is 1.74 bits per heavy atom. The van der Waals surface area contributed by atoms with E-state index >= 15 is 0 Å². The van der Waals surface area contributed by atoms with Crippen LogP contribution in [-0.2, 0) is 4.79 Å². The van der Waals surface area contributed by atoms with Crippen LogP contribution in [0.1, 0.15) is 42.7 Å². The number of nitrogens with two attached hydrogens (primary N) is 1. The van der Waals surface area contributed by atoms with Crippen molar-refractivity contribution in [3.63, 3.8) is 0 Å². The van der Waals surface area contributed by atoms with Crippen molar-refractivity contribution in [2.45, 2.75) is 37.1 Å². The molecule has 1 atom stereocenters. The molecule has 1 heterocycles. The van der Waals surface area contributed by atoms with Crippen molar-refractivity contribution in [3.05, 3.63) is 71.9 Å². The highest BCUT2D eigenvalue weighted by molar-refractivity contribution is 5.87. The molecule has 5 heteroatoms. The van der Waals surface area contributed by atoms with Crippen molar-refractivity contribution in [2.24, 2.45) is 5.73 Å². The lowest BCUT2D eigenvalue weighted by Crippen LogP contribution is -2.52. The molecule has 1 aromatic heterocycles. The van der Waals surface area contributed by atoms with E-state index in [0.717, 1.165) is 31.2 Å². The topological polar surface area (TPSA) is 70.9 Å². The van der Waals surface area contributed by atoms with Gasteiger partial charge in [0.05, 0.1) is 5.54 Å². The predicted octanol–water partition coefficient (Wildman–Crippen LogP) is 4.11. The largest absolute Gasteiger partial charge is 0.361 e. The lowest BCUT2D eigenvalue weighted by molar-refractivity contribution is -0.126. The summed E-state index contributed by atoms with van der Waals surface area (Å²) in [6.07, 6.45) is 5.69. The lowest BCUT2D eigenvalue weighted by Gasteiger charge is -2.25. The molecule has 4 N–H and O–H groups in total. The second-order valence-electron chi connectivity index (χ2n) is 7.33. The number of fused-ring (bicyclic) bond motifs is 1. The monoisotopic (exact) mass is 383 g/mol. The van der Waals surface area contributed by atoms with Gasteiger partial charge in [-0.25, -0.2) is 0 Å². The molecule has 0 radical (unpaired) electrons. The Kier molecular flexibility index (Phi) is 5.88. The molecule has 2 aromatic carbocycles. The van der Waals surface area contributed by atoms with Gasteiger partial charge in [-0.2, -0.15) is 0 Å². The fraction of sp³-hybridized carbons (Fsp3) is 0.318. The summed E-state index contributed by atoms with van der Waals surface area (Å²) in [5, 5.41) is 4.33. The third-order valence-corrected chi connectivity index (χ3v) is 5.61. The van der Waals surface area contributed by atoms with Crippen LogP contribution in [0.15, 0.2) is 60.8 Å². The number of aromatic nitrogens is 1. The second-order valence-corrected chi connectivity index (χ2v) is 7.33. The first-order chi connectivity index (χ1) is 12.7. The van der Waals surface area contributed by atoms with E-state index in [1.54, 1.807) is 0 Å². The summed E-state index contributed by atoms with van der Waals surface area (Å²) in [7, 11) is 0. The number of carbonyl (C=O) groups excluding carboxylic acids is 1. The Hall–Kier alpha value is -2.30. The van der Waals surface area contributed by atoms with E-state index in [1.807, 2.05) is 30.3 Å². The first kappa shape index (κ1) is 19.5. The van der Waals surface area contributed by atoms with E-state index in [9.17, 15) is 4.79 Å². The Balaban J connectivity index is 0.00000210. The van der Waals surface area contributed by atoms with Gasteiger partial charge in [0.2, 0.25) is 5.91 Å². The van der Waals surface area contributed by atoms with Gasteiger partial charge in [0.15, 0.2) is 0 Å². The van der Waals surface area contributed by atoms with E-state index in [1.165, 1.54) is 16.5 Å². The fourth-order valence-electron chi connectivity index (χ4n) is 4.08. The minimum atomic E-state index is -0.693. The van der Waals surface area contributed by atoms with Gasteiger partial charge < -0.3 is 16.0 Å². The van der Waals surface area contributed by atoms with Crippen LogP contribution in [0.4, 0.5) is 0 Å². The van der Waals surface area contributed by atoms with E-state index in [4.69, 9.17) is 5.73 Å². The van der Waals surface area contributed by atoms with Crippen LogP contribution < -0.4 is 11.1 Å². The minimum absolute atomic E-state index is 0. The van der Waals surface area contributed by atoms with E-state index in [-0.39, 0.29) is 24.2 Å². The molecule has 0 aliphatic heterocycles. The molecular formula is C22H26ClN3O. The highest BCUT2D eigenvalue weighted by Crippen LogP contribution is 2.31. The zero-order valence-corrected chi connectivity index (χ0v) is 16.1. The summed E-state index contributed by atoms with van der Waals surface area (Å²) in [6, 6.07) is 18.6. The van der Waals surface area contributed by atoms with E-state index in [0.29, 0.717) is 6.54 Å². The van der Waals surface area contributed by atoms with Crippen molar-refractivity contribution >= 4 is 29.2 Å². The summed E-state index contributed by atoms with van der Waals surface area (Å²) < 4.78 is 0. The van der Waals surface area contributed by atoms with Gasteiger partial charge >= 0.3 is 0 Å². The summed E-state index contributed by atoms with van der Waals surface area (Å²) in [5.74, 6) is 0.0667. The molecule has 1 amide bonds. The highest BCUT2D eigenvalue weighted by Gasteiger charge is 2.37. The van der Waals surface area contributed by atoms with Gasteiger partial charge in [0, 0.05) is 29.6 Å². The van der Waals surface area contributed by atoms with Gasteiger partial charge in [-0.3, -0.25) is 4.79 Å². The number of rotatable bonds is 5. The molecule has 27 heavy (non-hydrogen) atoms. The predicted molar refractivity (Wildman–Crippen MR) is 112 cm³/mol. The molecule has 1 fully saturated rings. The zero-order chi connectivity index (χ0) is 18.0. The second kappa shape index (κ2) is 8.15. The van der Waals surface area contributed by atoms with E-state index < -0.39 is 5.54 Å². The number of para-hydroxylation sites is 1. The smallest absolute Gasteiger partial charge is 0.240 e. The van der Waals surface area contributed by atoms with Gasteiger partial charge in [-0.05, 0) is 30.0 Å². The Morgan fingerprint density at radius 1 is 1.07 bits per heavy atom. The number of halogens is 1. The molecular weight excluding hydrogens is 358 g/mol. The molecule has 3 aromatic rings. The van der Waals surface area contributed by atoms with Gasteiger partial charge in [0.25, 0.3) is 0 Å². The number of hydrogen-bond acceptors (Lipinski definition) is 2. The van der Waals surface area contributed by atoms with Crippen LogP contribution in [0.5, 0.6) is 0 Å². The number of amides is 1. The number of benzene rings is 2. The molecule has 142 valence electrons. The van der Waals surface area contributed by atoms with Gasteiger partial charge in [-0.1, -0.05) is 61.4 Å². The number of nitrogens with one attached hydrogen (secondary N) is 2. The van der Waals surface area contributed by atoms with Crippen LogP contribution in [0.25, 0.3) is 10.9 Å². The van der Waals surface area contributed by atoms with Crippen LogP contribution >= 0.6 is 12.4 Å². The third-order valence-electron chi connectivity index (χ3n) is 5.61. The first-order valence-electron chi connectivity index (χ1n) is 9.35. The molecule has 4 rings (SSSR count). The molecule has 1 saturated carbocycles. The number of carbonyl (C=O) groups is 1. The third kappa shape index (κ3) is 3.87. The molecule has 0 spiro atoms. The SMILES string of the molecule is Cl.NC1(C(=O)NCC(c2ccccc2)c2c[nH]c3ccccc23)CCCC1. The Bertz CT molecular complexity index is 900. The van der Waals surface area contributed by atoms with Gasteiger partial charge in [0.1, 0.15) is 0 Å². The van der Waals surface area contributed by atoms with Crippen LogP contribution in [-0.4, -0.2) is 23.0 Å². The summed E-state index contributed by atoms with van der Waals surface area (Å²) in [5.41, 5.74) is 9.13. The van der Waals surface area contributed by atoms with Crippen molar-refractivity contribution in [3.8, 4) is 0 Å². The average molecular weight is 384 g/mol. The molecule has 4 nitrogen and oxygen atoms in total. The number of aromatic amines is 1. The Morgan fingerprint density at radius 3 is 2.48 bits per heavy atom. The molecule has 0 bridgehead atoms. The summed E-state index contributed by atoms with van der Waals surface area (Å²) in [6.45, 7) is 0.545. The number of H-pyrrole nitrogens is 1. The normalized spacial score (nSPS) is 16.6. The van der Waals surface area contributed by atoms with E-state index in [2.05, 4.69) is 40.8 Å². The lowest BCUT2D eigenvalue weighted by atomic mass is 9.90. The zero-order valence-electron chi connectivity index (χ0n) is 15.3. The summed E-state index contributed by atoms with van der Waals surface area (Å²) in [4.78, 5) is 16.0. The van der Waals surface area contributed by atoms with Crippen LogP contribution in [0.3, 0.4) is 0 Å². The maximum atomic E-state index is 12.7. The van der Waals surface area contributed by atoms with Crippen molar-refractivity contribution in [1.29, 1.82) is 0 Å². The standard InChI is InChI=1S/C22H25N3O.ClH/c23-22(12-6-7-13-22)21(26)25-14-18(16-8-2-1-3-9-16)19-15-24-20-11-5-4-10-17(19)20;/h1-5,8-11,15,18,24H,6-7,12-14,23H2,(H,25,26);1H. The maximum absolute atomic E-state index is 12.7. The van der Waals surface area contributed by atoms with Crippen LogP contribution in [0.2, 0.25) is 0 Å². The van der Waals surface area contributed by atoms with Crippen molar-refractivity contribution in [2.75, 3.05) is 6.54 Å². The molecule has 1 aliphatic carbocycles. The highest BCUT2D eigenvalue weighted by atomic mass is 35.5.